The molecule has 1 spiro atoms. The average Bonchev–Trinajstić information content (AvgIpc) is 3.53. The summed E-state index contributed by atoms with van der Waals surface area (Å²) in [5.74, 6) is 2.32. The van der Waals surface area contributed by atoms with Gasteiger partial charge in [0.1, 0.15) is 11.5 Å². The minimum Gasteiger partial charge on any atom is -0.457 e. The van der Waals surface area contributed by atoms with Gasteiger partial charge < -0.3 is 4.74 Å². The molecule has 2 aromatic heterocycles. The molecule has 3 atom stereocenters. The normalized spacial score (nSPS) is 19.5. The van der Waals surface area contributed by atoms with Crippen LogP contribution in [-0.2, 0) is 5.41 Å². The first-order chi connectivity index (χ1) is 26.7. The number of benzene rings is 6. The first-order valence-electron chi connectivity index (χ1n) is 18.7. The summed E-state index contributed by atoms with van der Waals surface area (Å²) in [6, 6.07) is 52.7. The van der Waals surface area contributed by atoms with Crippen LogP contribution in [0.25, 0.3) is 61.4 Å². The van der Waals surface area contributed by atoms with Gasteiger partial charge >= 0.3 is 0 Å². The molecule has 0 radical (unpaired) electrons. The Morgan fingerprint density at radius 1 is 0.500 bits per heavy atom. The van der Waals surface area contributed by atoms with E-state index < -0.39 is 5.41 Å². The Hall–Kier alpha value is -6.84. The minimum absolute atomic E-state index is 0.245. The van der Waals surface area contributed by atoms with E-state index in [4.69, 9.17) is 14.7 Å². The van der Waals surface area contributed by atoms with Crippen LogP contribution in [-0.4, -0.2) is 9.97 Å². The fourth-order valence-electron chi connectivity index (χ4n) is 9.59. The van der Waals surface area contributed by atoms with Crippen LogP contribution in [0.5, 0.6) is 11.5 Å². The van der Waals surface area contributed by atoms with E-state index in [9.17, 15) is 0 Å². The smallest absolute Gasteiger partial charge is 0.132 e. The zero-order valence-corrected chi connectivity index (χ0v) is 29.3. The first-order valence-corrected chi connectivity index (χ1v) is 18.7. The van der Waals surface area contributed by atoms with E-state index in [-0.39, 0.29) is 5.92 Å². The molecule has 0 bridgehead atoms. The van der Waals surface area contributed by atoms with Crippen LogP contribution >= 0.6 is 0 Å². The number of allylic oxidation sites excluding steroid dienone is 5. The largest absolute Gasteiger partial charge is 0.457 e. The number of nitrogens with zero attached hydrogens (tertiary/aromatic N) is 2. The Morgan fingerprint density at radius 3 is 2.17 bits per heavy atom. The fraction of sp³-hybridized carbons (Fsp3) is 0.0588. The number of ether oxygens (including phenoxy) is 1. The van der Waals surface area contributed by atoms with Crippen LogP contribution in [0.2, 0.25) is 0 Å². The predicted octanol–water partition coefficient (Wildman–Crippen LogP) is 12.4. The molecule has 0 saturated carbocycles. The van der Waals surface area contributed by atoms with E-state index in [1.807, 2.05) is 0 Å². The lowest BCUT2D eigenvalue weighted by atomic mass is 9.65. The Morgan fingerprint density at radius 2 is 1.20 bits per heavy atom. The molecule has 4 aliphatic rings. The maximum atomic E-state index is 6.79. The number of pyridine rings is 2. The topological polar surface area (TPSA) is 35.0 Å². The van der Waals surface area contributed by atoms with Crippen LogP contribution < -0.4 is 4.74 Å². The summed E-state index contributed by atoms with van der Waals surface area (Å²) in [7, 11) is 0. The minimum atomic E-state index is -0.620. The van der Waals surface area contributed by atoms with E-state index in [0.29, 0.717) is 5.92 Å². The summed E-state index contributed by atoms with van der Waals surface area (Å²) in [5.41, 5.74) is 14.1. The Labute approximate surface area is 313 Å². The average molecular weight is 689 g/mol. The molecule has 8 aromatic rings. The van der Waals surface area contributed by atoms with Gasteiger partial charge in [-0.25, -0.2) is 4.98 Å². The second kappa shape index (κ2) is 11.1. The Bertz CT molecular complexity index is 3010. The predicted molar refractivity (Wildman–Crippen MR) is 219 cm³/mol. The van der Waals surface area contributed by atoms with Crippen molar-refractivity contribution in [3.63, 3.8) is 0 Å². The van der Waals surface area contributed by atoms with Gasteiger partial charge in [0.05, 0.1) is 28.0 Å². The van der Waals surface area contributed by atoms with Crippen LogP contribution in [0.15, 0.2) is 176 Å². The lowest BCUT2D eigenvalue weighted by Crippen LogP contribution is -2.32. The first kappa shape index (κ1) is 29.7. The maximum Gasteiger partial charge on any atom is 0.132 e. The van der Waals surface area contributed by atoms with Gasteiger partial charge in [-0.3, -0.25) is 4.98 Å². The fourth-order valence-corrected chi connectivity index (χ4v) is 9.59. The Kier molecular flexibility index (Phi) is 6.10. The SMILES string of the molecule is C1=CC2C=Cc3ccc(-c4ccc5c(c4)C4(c6ccccc6Oc6ccc(-c7ccc8ccc9ccccc9c8n7)cc64)c4ccccc4-5)nc3C2C=C1. The third-order valence-electron chi connectivity index (χ3n) is 12.1. The molecule has 0 N–H and O–H groups in total. The molecule has 0 amide bonds. The van der Waals surface area contributed by atoms with Gasteiger partial charge in [0, 0.05) is 44.9 Å². The second-order valence-electron chi connectivity index (χ2n) is 14.8. The van der Waals surface area contributed by atoms with Gasteiger partial charge in [0.2, 0.25) is 0 Å². The number of rotatable bonds is 2. The van der Waals surface area contributed by atoms with Gasteiger partial charge in [-0.15, -0.1) is 0 Å². The van der Waals surface area contributed by atoms with Crippen molar-refractivity contribution in [3.8, 4) is 45.1 Å². The molecule has 1 aliphatic heterocycles. The summed E-state index contributed by atoms with van der Waals surface area (Å²) in [4.78, 5) is 10.7. The highest BCUT2D eigenvalue weighted by molar-refractivity contribution is 6.05. The Balaban J connectivity index is 1.09. The zero-order chi connectivity index (χ0) is 35.4. The lowest BCUT2D eigenvalue weighted by molar-refractivity contribution is 0.436. The molecule has 0 saturated heterocycles. The molecule has 3 nitrogen and oxygen atoms in total. The summed E-state index contributed by atoms with van der Waals surface area (Å²) in [6.45, 7) is 0. The molecule has 6 aromatic carbocycles. The van der Waals surface area contributed by atoms with E-state index in [1.54, 1.807) is 0 Å². The lowest BCUT2D eigenvalue weighted by Gasteiger charge is -2.39. The standard InChI is InChI=1S/C51H32N2O/c1-3-11-37-31(9-1)17-19-33-22-26-45(52-49(33)37)35-21-25-40-39-13-5-6-14-41(39)51(43(40)29-35)42-15-7-8-16-47(42)54-48-28-24-36(30-44(48)51)46-27-23-34-20-18-32-10-2-4-12-38(32)50(34)53-46/h1-31,37H. The van der Waals surface area contributed by atoms with E-state index >= 15 is 0 Å². The molecular formula is C51H32N2O. The molecule has 3 heterocycles. The van der Waals surface area contributed by atoms with Crippen molar-refractivity contribution >= 4 is 27.8 Å². The number of fused-ring (bicyclic) bond motifs is 15. The third kappa shape index (κ3) is 4.07. The summed E-state index contributed by atoms with van der Waals surface area (Å²) < 4.78 is 6.79. The number of aromatic nitrogens is 2. The molecule has 252 valence electrons. The van der Waals surface area contributed by atoms with E-state index in [1.165, 1.54) is 33.2 Å². The monoisotopic (exact) mass is 688 g/mol. The number of hydrogen-bond acceptors (Lipinski definition) is 3. The van der Waals surface area contributed by atoms with Crippen molar-refractivity contribution in [1.29, 1.82) is 0 Å². The van der Waals surface area contributed by atoms with Crippen molar-refractivity contribution in [2.75, 3.05) is 0 Å². The van der Waals surface area contributed by atoms with Crippen molar-refractivity contribution in [2.24, 2.45) is 5.92 Å². The van der Waals surface area contributed by atoms with Crippen LogP contribution in [0.4, 0.5) is 0 Å². The van der Waals surface area contributed by atoms with E-state index in [2.05, 4.69) is 182 Å². The molecule has 3 heteroatoms. The zero-order valence-electron chi connectivity index (χ0n) is 29.3. The van der Waals surface area contributed by atoms with Gasteiger partial charge in [-0.05, 0) is 75.7 Å². The molecular weight excluding hydrogens is 657 g/mol. The molecule has 3 aliphatic carbocycles. The van der Waals surface area contributed by atoms with Crippen LogP contribution in [0, 0.1) is 5.92 Å². The van der Waals surface area contributed by atoms with Gasteiger partial charge in [0.25, 0.3) is 0 Å². The van der Waals surface area contributed by atoms with Gasteiger partial charge in [-0.2, -0.15) is 0 Å². The van der Waals surface area contributed by atoms with Crippen molar-refractivity contribution < 1.29 is 4.74 Å². The van der Waals surface area contributed by atoms with Crippen molar-refractivity contribution in [3.05, 3.63) is 209 Å². The summed E-state index contributed by atoms with van der Waals surface area (Å²) >= 11 is 0. The van der Waals surface area contributed by atoms with Gasteiger partial charge in [0.15, 0.2) is 0 Å². The molecule has 0 fully saturated rings. The number of hydrogen-bond donors (Lipinski definition) is 0. The van der Waals surface area contributed by atoms with E-state index in [0.717, 1.165) is 67.1 Å². The van der Waals surface area contributed by atoms with Crippen molar-refractivity contribution in [1.82, 2.24) is 9.97 Å². The maximum absolute atomic E-state index is 6.79. The highest BCUT2D eigenvalue weighted by Gasteiger charge is 2.51. The van der Waals surface area contributed by atoms with Gasteiger partial charge in [-0.1, -0.05) is 140 Å². The molecule has 12 rings (SSSR count). The summed E-state index contributed by atoms with van der Waals surface area (Å²) in [5, 5.41) is 3.48. The van der Waals surface area contributed by atoms with Crippen molar-refractivity contribution in [2.45, 2.75) is 11.3 Å². The highest BCUT2D eigenvalue weighted by atomic mass is 16.5. The van der Waals surface area contributed by atoms with Crippen LogP contribution in [0.3, 0.4) is 0 Å². The second-order valence-corrected chi connectivity index (χ2v) is 14.8. The number of para-hydroxylation sites is 1. The quantitative estimate of drug-likeness (QED) is 0.170. The third-order valence-corrected chi connectivity index (χ3v) is 12.1. The molecule has 54 heavy (non-hydrogen) atoms. The highest BCUT2D eigenvalue weighted by Crippen LogP contribution is 2.62. The molecule has 3 unspecified atom stereocenters. The summed E-state index contributed by atoms with van der Waals surface area (Å²) in [6.07, 6.45) is 13.4. The van der Waals surface area contributed by atoms with Crippen LogP contribution in [0.1, 0.15) is 39.4 Å².